The molecule has 4 heteroatoms. The highest BCUT2D eigenvalue weighted by Crippen LogP contribution is 2.29. The molecule has 0 bridgehead atoms. The number of hydrogen-bond acceptors (Lipinski definition) is 3. The summed E-state index contributed by atoms with van der Waals surface area (Å²) in [5.74, 6) is -0.0627. The summed E-state index contributed by atoms with van der Waals surface area (Å²) < 4.78 is 18.6. The van der Waals surface area contributed by atoms with Crippen LogP contribution in [0.4, 0.5) is 4.39 Å². The summed E-state index contributed by atoms with van der Waals surface area (Å²) in [5.41, 5.74) is 0.882. The van der Waals surface area contributed by atoms with Gasteiger partial charge in [0.1, 0.15) is 5.82 Å². The van der Waals surface area contributed by atoms with Crippen molar-refractivity contribution in [1.29, 1.82) is 0 Å². The van der Waals surface area contributed by atoms with Gasteiger partial charge in [0.15, 0.2) is 5.78 Å². The SMILES string of the molecule is O=C(Cc1ccc(F)cc1)CN1CCOC2CCCC21. The van der Waals surface area contributed by atoms with E-state index < -0.39 is 0 Å². The third-order valence-electron chi connectivity index (χ3n) is 4.29. The summed E-state index contributed by atoms with van der Waals surface area (Å²) in [5, 5.41) is 0. The van der Waals surface area contributed by atoms with Gasteiger partial charge in [-0.1, -0.05) is 12.1 Å². The minimum atomic E-state index is -0.261. The van der Waals surface area contributed by atoms with Crippen LogP contribution >= 0.6 is 0 Å². The molecule has 2 aliphatic rings. The van der Waals surface area contributed by atoms with E-state index in [9.17, 15) is 9.18 Å². The number of fused-ring (bicyclic) bond motifs is 1. The molecular formula is C16H20FNO2. The molecule has 20 heavy (non-hydrogen) atoms. The van der Waals surface area contributed by atoms with Gasteiger partial charge in [-0.05, 0) is 37.0 Å². The lowest BCUT2D eigenvalue weighted by atomic mass is 10.1. The van der Waals surface area contributed by atoms with E-state index in [1.54, 1.807) is 12.1 Å². The number of hydrogen-bond donors (Lipinski definition) is 0. The monoisotopic (exact) mass is 277 g/mol. The Bertz CT molecular complexity index is 474. The second-order valence-electron chi connectivity index (χ2n) is 5.72. The number of ketones is 1. The molecule has 1 aromatic carbocycles. The molecule has 1 heterocycles. The Kier molecular flexibility index (Phi) is 4.13. The van der Waals surface area contributed by atoms with Crippen molar-refractivity contribution >= 4 is 5.78 Å². The lowest BCUT2D eigenvalue weighted by Gasteiger charge is -2.37. The third kappa shape index (κ3) is 3.07. The lowest BCUT2D eigenvalue weighted by molar-refractivity contribution is -0.123. The molecule has 3 rings (SSSR count). The molecule has 1 saturated carbocycles. The molecule has 0 spiro atoms. The Morgan fingerprint density at radius 1 is 1.30 bits per heavy atom. The first-order valence-corrected chi connectivity index (χ1v) is 7.34. The Morgan fingerprint density at radius 3 is 2.90 bits per heavy atom. The van der Waals surface area contributed by atoms with Crippen molar-refractivity contribution in [2.45, 2.75) is 37.8 Å². The second kappa shape index (κ2) is 6.02. The van der Waals surface area contributed by atoms with E-state index in [-0.39, 0.29) is 11.6 Å². The number of benzene rings is 1. The van der Waals surface area contributed by atoms with E-state index in [0.717, 1.165) is 31.6 Å². The molecule has 1 saturated heterocycles. The van der Waals surface area contributed by atoms with Gasteiger partial charge >= 0.3 is 0 Å². The predicted molar refractivity (Wildman–Crippen MR) is 74.1 cm³/mol. The van der Waals surface area contributed by atoms with E-state index >= 15 is 0 Å². The first-order valence-electron chi connectivity index (χ1n) is 7.34. The van der Waals surface area contributed by atoms with Gasteiger partial charge in [0, 0.05) is 19.0 Å². The summed E-state index contributed by atoms with van der Waals surface area (Å²) in [6.45, 7) is 2.06. The fraction of sp³-hybridized carbons (Fsp3) is 0.562. The van der Waals surface area contributed by atoms with Gasteiger partial charge in [-0.25, -0.2) is 4.39 Å². The van der Waals surface area contributed by atoms with E-state index in [0.29, 0.717) is 25.1 Å². The highest BCUT2D eigenvalue weighted by Gasteiger charge is 2.36. The largest absolute Gasteiger partial charge is 0.375 e. The third-order valence-corrected chi connectivity index (χ3v) is 4.29. The maximum absolute atomic E-state index is 12.8. The highest BCUT2D eigenvalue weighted by molar-refractivity contribution is 5.82. The fourth-order valence-corrected chi connectivity index (χ4v) is 3.31. The number of halogens is 1. The van der Waals surface area contributed by atoms with Crippen LogP contribution < -0.4 is 0 Å². The van der Waals surface area contributed by atoms with Gasteiger partial charge in [0.2, 0.25) is 0 Å². The molecule has 2 fully saturated rings. The number of morpholine rings is 1. The molecule has 1 aliphatic heterocycles. The Hall–Kier alpha value is -1.26. The van der Waals surface area contributed by atoms with Crippen molar-refractivity contribution in [3.05, 3.63) is 35.6 Å². The Balaban J connectivity index is 1.57. The molecule has 2 atom stereocenters. The number of carbonyl (C=O) groups excluding carboxylic acids is 1. The molecule has 3 nitrogen and oxygen atoms in total. The average Bonchev–Trinajstić information content (AvgIpc) is 2.91. The smallest absolute Gasteiger partial charge is 0.151 e. The van der Waals surface area contributed by atoms with Gasteiger partial charge in [0.05, 0.1) is 19.3 Å². The van der Waals surface area contributed by atoms with Gasteiger partial charge in [-0.2, -0.15) is 0 Å². The average molecular weight is 277 g/mol. The topological polar surface area (TPSA) is 29.5 Å². The van der Waals surface area contributed by atoms with Crippen molar-refractivity contribution in [3.8, 4) is 0 Å². The molecule has 1 aliphatic carbocycles. The zero-order chi connectivity index (χ0) is 13.9. The Labute approximate surface area is 118 Å². The molecule has 108 valence electrons. The quantitative estimate of drug-likeness (QED) is 0.845. The fourth-order valence-electron chi connectivity index (χ4n) is 3.31. The van der Waals surface area contributed by atoms with Gasteiger partial charge in [-0.3, -0.25) is 9.69 Å². The number of Topliss-reactive ketones (excluding diaryl/α,β-unsaturated/α-hetero) is 1. The first kappa shape index (κ1) is 13.7. The zero-order valence-electron chi connectivity index (χ0n) is 11.6. The normalized spacial score (nSPS) is 26.4. The first-order chi connectivity index (χ1) is 9.72. The van der Waals surface area contributed by atoms with E-state index in [4.69, 9.17) is 4.74 Å². The van der Waals surface area contributed by atoms with Crippen molar-refractivity contribution in [3.63, 3.8) is 0 Å². The number of ether oxygens (including phenoxy) is 1. The van der Waals surface area contributed by atoms with Crippen molar-refractivity contribution in [1.82, 2.24) is 4.90 Å². The molecule has 0 radical (unpaired) electrons. The highest BCUT2D eigenvalue weighted by atomic mass is 19.1. The predicted octanol–water partition coefficient (Wildman–Crippen LogP) is 2.19. The summed E-state index contributed by atoms with van der Waals surface area (Å²) >= 11 is 0. The number of nitrogens with zero attached hydrogens (tertiary/aromatic N) is 1. The molecular weight excluding hydrogens is 257 g/mol. The summed E-state index contributed by atoms with van der Waals surface area (Å²) in [6.07, 6.45) is 4.15. The zero-order valence-corrected chi connectivity index (χ0v) is 11.6. The van der Waals surface area contributed by atoms with Crippen molar-refractivity contribution < 1.29 is 13.9 Å². The van der Waals surface area contributed by atoms with Crippen LogP contribution in [0.1, 0.15) is 24.8 Å². The molecule has 0 amide bonds. The van der Waals surface area contributed by atoms with Gasteiger partial charge < -0.3 is 4.74 Å². The number of rotatable bonds is 4. The van der Waals surface area contributed by atoms with Crippen molar-refractivity contribution in [2.75, 3.05) is 19.7 Å². The van der Waals surface area contributed by atoms with E-state index in [1.807, 2.05) is 0 Å². The van der Waals surface area contributed by atoms with Gasteiger partial charge in [-0.15, -0.1) is 0 Å². The van der Waals surface area contributed by atoms with Crippen LogP contribution in [0, 0.1) is 5.82 Å². The van der Waals surface area contributed by atoms with Crippen molar-refractivity contribution in [2.24, 2.45) is 0 Å². The summed E-state index contributed by atoms with van der Waals surface area (Å²) in [7, 11) is 0. The lowest BCUT2D eigenvalue weighted by Crippen LogP contribution is -2.50. The maximum Gasteiger partial charge on any atom is 0.151 e. The molecule has 0 N–H and O–H groups in total. The summed E-state index contributed by atoms with van der Waals surface area (Å²) in [4.78, 5) is 14.4. The van der Waals surface area contributed by atoms with Crippen LogP contribution in [-0.2, 0) is 16.0 Å². The van der Waals surface area contributed by atoms with E-state index in [2.05, 4.69) is 4.90 Å². The van der Waals surface area contributed by atoms with Crippen LogP contribution in [-0.4, -0.2) is 42.5 Å². The minimum Gasteiger partial charge on any atom is -0.375 e. The molecule has 0 aromatic heterocycles. The van der Waals surface area contributed by atoms with Crippen LogP contribution in [0.2, 0.25) is 0 Å². The summed E-state index contributed by atoms with van der Waals surface area (Å²) in [6, 6.07) is 6.60. The Morgan fingerprint density at radius 2 is 2.10 bits per heavy atom. The second-order valence-corrected chi connectivity index (χ2v) is 5.72. The minimum absolute atomic E-state index is 0.198. The van der Waals surface area contributed by atoms with Gasteiger partial charge in [0.25, 0.3) is 0 Å². The maximum atomic E-state index is 12.8. The van der Waals surface area contributed by atoms with Crippen LogP contribution in [0.15, 0.2) is 24.3 Å². The van der Waals surface area contributed by atoms with Crippen LogP contribution in [0.5, 0.6) is 0 Å². The standard InChI is InChI=1S/C16H20FNO2/c17-13-6-4-12(5-7-13)10-14(19)11-18-8-9-20-16-3-1-2-15(16)18/h4-7,15-16H,1-3,8-11H2. The molecule has 2 unspecified atom stereocenters. The molecule has 1 aromatic rings. The van der Waals surface area contributed by atoms with Crippen LogP contribution in [0.3, 0.4) is 0 Å². The number of carbonyl (C=O) groups is 1. The van der Waals surface area contributed by atoms with E-state index in [1.165, 1.54) is 18.6 Å². The van der Waals surface area contributed by atoms with Crippen LogP contribution in [0.25, 0.3) is 0 Å².